The van der Waals surface area contributed by atoms with Crippen molar-refractivity contribution >= 4 is 0 Å². The van der Waals surface area contributed by atoms with Crippen LogP contribution in [0.25, 0.3) is 0 Å². The van der Waals surface area contributed by atoms with E-state index < -0.39 is 0 Å². The number of hydrogen-bond acceptors (Lipinski definition) is 4. The zero-order valence-electron chi connectivity index (χ0n) is 13.4. The maximum atomic E-state index is 4.29. The number of nitrogens with one attached hydrogen (secondary N) is 1. The number of aromatic nitrogens is 4. The summed E-state index contributed by atoms with van der Waals surface area (Å²) in [6.45, 7) is 7.51. The second-order valence-corrected chi connectivity index (χ2v) is 5.68. The summed E-state index contributed by atoms with van der Waals surface area (Å²) in [5.74, 6) is 0.802. The molecule has 114 valence electrons. The third kappa shape index (κ3) is 4.63. The molecule has 0 spiro atoms. The average molecular weight is 287 g/mol. The third-order valence-corrected chi connectivity index (χ3v) is 3.63. The first-order valence-corrected chi connectivity index (χ1v) is 7.61. The van der Waals surface area contributed by atoms with Crippen molar-refractivity contribution < 1.29 is 0 Å². The van der Waals surface area contributed by atoms with E-state index in [1.54, 1.807) is 7.05 Å². The molecule has 1 aromatic carbocycles. The highest BCUT2D eigenvalue weighted by Crippen LogP contribution is 2.14. The van der Waals surface area contributed by atoms with Gasteiger partial charge in [0.15, 0.2) is 5.82 Å². The maximum Gasteiger partial charge on any atom is 0.176 e. The predicted molar refractivity (Wildman–Crippen MR) is 84.2 cm³/mol. The molecular formula is C16H25N5. The fourth-order valence-corrected chi connectivity index (χ4v) is 2.48. The van der Waals surface area contributed by atoms with Gasteiger partial charge in [-0.25, -0.2) is 0 Å². The number of tetrazole rings is 1. The summed E-state index contributed by atoms with van der Waals surface area (Å²) in [4.78, 5) is 1.52. The van der Waals surface area contributed by atoms with Crippen molar-refractivity contribution in [2.45, 2.75) is 46.1 Å². The highest BCUT2D eigenvalue weighted by Gasteiger charge is 2.14. The molecule has 0 saturated heterocycles. The molecule has 1 heterocycles. The van der Waals surface area contributed by atoms with Crippen LogP contribution in [0.5, 0.6) is 0 Å². The van der Waals surface area contributed by atoms with Crippen LogP contribution in [-0.4, -0.2) is 32.8 Å². The molecule has 21 heavy (non-hydrogen) atoms. The van der Waals surface area contributed by atoms with E-state index in [4.69, 9.17) is 0 Å². The van der Waals surface area contributed by atoms with Crippen molar-refractivity contribution in [2.24, 2.45) is 7.05 Å². The van der Waals surface area contributed by atoms with Gasteiger partial charge >= 0.3 is 0 Å². The lowest BCUT2D eigenvalue weighted by Gasteiger charge is -2.18. The minimum Gasteiger partial charge on any atom is -0.313 e. The Kier molecular flexibility index (Phi) is 5.44. The van der Waals surface area contributed by atoms with Crippen LogP contribution in [0.4, 0.5) is 0 Å². The van der Waals surface area contributed by atoms with Crippen molar-refractivity contribution in [1.82, 2.24) is 25.5 Å². The van der Waals surface area contributed by atoms with Gasteiger partial charge in [0.05, 0.1) is 7.05 Å². The van der Waals surface area contributed by atoms with Crippen molar-refractivity contribution in [3.8, 4) is 0 Å². The topological polar surface area (TPSA) is 55.6 Å². The highest BCUT2D eigenvalue weighted by molar-refractivity contribution is 5.31. The van der Waals surface area contributed by atoms with E-state index >= 15 is 0 Å². The Morgan fingerprint density at radius 3 is 2.71 bits per heavy atom. The molecule has 5 heteroatoms. The summed E-state index contributed by atoms with van der Waals surface area (Å²) in [5, 5.41) is 15.9. The molecule has 0 amide bonds. The van der Waals surface area contributed by atoms with E-state index in [1.807, 2.05) is 0 Å². The molecule has 2 rings (SSSR count). The van der Waals surface area contributed by atoms with Crippen molar-refractivity contribution in [1.29, 1.82) is 0 Å². The van der Waals surface area contributed by atoms with Gasteiger partial charge < -0.3 is 5.32 Å². The van der Waals surface area contributed by atoms with Crippen LogP contribution in [0.15, 0.2) is 18.2 Å². The third-order valence-electron chi connectivity index (χ3n) is 3.63. The quantitative estimate of drug-likeness (QED) is 0.846. The van der Waals surface area contributed by atoms with Gasteiger partial charge in [0.1, 0.15) is 0 Å². The van der Waals surface area contributed by atoms with Crippen LogP contribution in [0.3, 0.4) is 0 Å². The molecule has 0 aliphatic heterocycles. The summed E-state index contributed by atoms with van der Waals surface area (Å²) < 4.78 is 0. The van der Waals surface area contributed by atoms with Gasteiger partial charge in [-0.1, -0.05) is 30.7 Å². The minimum atomic E-state index is 0.342. The Bertz CT molecular complexity index is 576. The van der Waals surface area contributed by atoms with Crippen LogP contribution in [-0.2, 0) is 19.9 Å². The first-order chi connectivity index (χ1) is 10.1. The van der Waals surface area contributed by atoms with E-state index in [1.165, 1.54) is 21.5 Å². The molecule has 1 atom stereocenters. The van der Waals surface area contributed by atoms with Crippen LogP contribution >= 0.6 is 0 Å². The Balaban J connectivity index is 2.09. The SMILES string of the molecule is CCCNC(Cc1nnn(C)n1)Cc1cc(C)ccc1C. The van der Waals surface area contributed by atoms with Crippen molar-refractivity contribution in [2.75, 3.05) is 6.54 Å². The summed E-state index contributed by atoms with van der Waals surface area (Å²) in [5.41, 5.74) is 4.05. The van der Waals surface area contributed by atoms with Crippen LogP contribution < -0.4 is 5.32 Å². The molecule has 0 bridgehead atoms. The average Bonchev–Trinajstić information content (AvgIpc) is 2.85. The number of nitrogens with zero attached hydrogens (tertiary/aromatic N) is 4. The number of rotatable bonds is 7. The molecule has 0 radical (unpaired) electrons. The molecule has 0 fully saturated rings. The van der Waals surface area contributed by atoms with E-state index in [-0.39, 0.29) is 0 Å². The lowest BCUT2D eigenvalue weighted by atomic mass is 9.97. The molecule has 1 unspecified atom stereocenters. The molecule has 5 nitrogen and oxygen atoms in total. The van der Waals surface area contributed by atoms with E-state index in [9.17, 15) is 0 Å². The fraction of sp³-hybridized carbons (Fsp3) is 0.562. The summed E-state index contributed by atoms with van der Waals surface area (Å²) in [6, 6.07) is 6.98. The van der Waals surface area contributed by atoms with E-state index in [0.717, 1.165) is 31.6 Å². The zero-order chi connectivity index (χ0) is 15.2. The lowest BCUT2D eigenvalue weighted by molar-refractivity contribution is 0.493. The smallest absolute Gasteiger partial charge is 0.176 e. The normalized spacial score (nSPS) is 12.6. The Morgan fingerprint density at radius 2 is 2.05 bits per heavy atom. The van der Waals surface area contributed by atoms with Crippen LogP contribution in [0.2, 0.25) is 0 Å². The summed E-state index contributed by atoms with van der Waals surface area (Å²) in [6.07, 6.45) is 2.92. The molecule has 0 aliphatic rings. The Labute approximate surface area is 126 Å². The molecule has 1 aromatic heterocycles. The van der Waals surface area contributed by atoms with Gasteiger partial charge in [-0.3, -0.25) is 0 Å². The number of hydrogen-bond donors (Lipinski definition) is 1. The van der Waals surface area contributed by atoms with Gasteiger partial charge in [0.2, 0.25) is 0 Å². The molecule has 0 saturated carbocycles. The molecule has 1 N–H and O–H groups in total. The van der Waals surface area contributed by atoms with Gasteiger partial charge in [-0.2, -0.15) is 4.80 Å². The maximum absolute atomic E-state index is 4.29. The van der Waals surface area contributed by atoms with Gasteiger partial charge in [-0.05, 0) is 49.6 Å². The lowest BCUT2D eigenvalue weighted by Crippen LogP contribution is -2.34. The predicted octanol–water partition coefficient (Wildman–Crippen LogP) is 1.98. The van der Waals surface area contributed by atoms with Gasteiger partial charge in [0, 0.05) is 12.5 Å². The minimum absolute atomic E-state index is 0.342. The van der Waals surface area contributed by atoms with Crippen molar-refractivity contribution in [3.63, 3.8) is 0 Å². The van der Waals surface area contributed by atoms with E-state index in [2.05, 4.69) is 59.7 Å². The summed E-state index contributed by atoms with van der Waals surface area (Å²) >= 11 is 0. The van der Waals surface area contributed by atoms with Gasteiger partial charge in [-0.15, -0.1) is 10.2 Å². The molecule has 2 aromatic rings. The molecular weight excluding hydrogens is 262 g/mol. The Morgan fingerprint density at radius 1 is 1.24 bits per heavy atom. The Hall–Kier alpha value is -1.75. The standard InChI is InChI=1S/C16H25N5/c1-5-8-17-15(11-16-18-20-21(4)19-16)10-14-9-12(2)6-7-13(14)3/h6-7,9,15,17H,5,8,10-11H2,1-4H3. The first kappa shape index (κ1) is 15.6. The largest absolute Gasteiger partial charge is 0.313 e. The summed E-state index contributed by atoms with van der Waals surface area (Å²) in [7, 11) is 1.80. The molecule has 0 aliphatic carbocycles. The van der Waals surface area contributed by atoms with Gasteiger partial charge in [0.25, 0.3) is 0 Å². The second kappa shape index (κ2) is 7.31. The monoisotopic (exact) mass is 287 g/mol. The van der Waals surface area contributed by atoms with Crippen molar-refractivity contribution in [3.05, 3.63) is 40.7 Å². The number of benzene rings is 1. The number of aryl methyl sites for hydroxylation is 3. The first-order valence-electron chi connectivity index (χ1n) is 7.61. The second-order valence-electron chi connectivity index (χ2n) is 5.68. The zero-order valence-corrected chi connectivity index (χ0v) is 13.4. The van der Waals surface area contributed by atoms with Crippen LogP contribution in [0, 0.1) is 13.8 Å². The highest BCUT2D eigenvalue weighted by atomic mass is 15.6. The van der Waals surface area contributed by atoms with Crippen LogP contribution in [0.1, 0.15) is 35.9 Å². The van der Waals surface area contributed by atoms with E-state index in [0.29, 0.717) is 6.04 Å². The fourth-order valence-electron chi connectivity index (χ4n) is 2.48.